The molecule has 0 atom stereocenters. The summed E-state index contributed by atoms with van der Waals surface area (Å²) >= 11 is 0. The number of carbonyl (C=O) groups is 1. The molecular weight excluding hydrogens is 338 g/mol. The van der Waals surface area contributed by atoms with Crippen LogP contribution < -0.4 is 10.1 Å². The SMILES string of the molecule is CC(C)n1c(CNC(=O)CCc2ccc3c(c2)CCO3)nc2ccccc21. The first-order chi connectivity index (χ1) is 13.1. The molecule has 0 fully saturated rings. The number of amides is 1. The molecule has 2 aromatic carbocycles. The molecular formula is C22H25N3O2. The quantitative estimate of drug-likeness (QED) is 0.725. The van der Waals surface area contributed by atoms with Crippen LogP contribution in [-0.2, 0) is 24.2 Å². The Morgan fingerprint density at radius 1 is 1.26 bits per heavy atom. The summed E-state index contributed by atoms with van der Waals surface area (Å²) in [5.41, 5.74) is 4.51. The monoisotopic (exact) mass is 363 g/mol. The van der Waals surface area contributed by atoms with Crippen LogP contribution >= 0.6 is 0 Å². The second-order valence-electron chi connectivity index (χ2n) is 7.30. The smallest absolute Gasteiger partial charge is 0.220 e. The fraction of sp³-hybridized carbons (Fsp3) is 0.364. The molecule has 5 nitrogen and oxygen atoms in total. The van der Waals surface area contributed by atoms with E-state index in [4.69, 9.17) is 9.72 Å². The third kappa shape index (κ3) is 3.68. The van der Waals surface area contributed by atoms with Gasteiger partial charge in [-0.15, -0.1) is 0 Å². The third-order valence-corrected chi connectivity index (χ3v) is 5.02. The summed E-state index contributed by atoms with van der Waals surface area (Å²) in [6, 6.07) is 14.6. The standard InChI is InChI=1S/C22H25N3O2/c1-15(2)25-19-6-4-3-5-18(19)24-21(25)14-23-22(26)10-8-16-7-9-20-17(13-16)11-12-27-20/h3-7,9,13,15H,8,10-12,14H2,1-2H3,(H,23,26). The number of fused-ring (bicyclic) bond motifs is 2. The summed E-state index contributed by atoms with van der Waals surface area (Å²) in [5.74, 6) is 1.93. The first-order valence-corrected chi connectivity index (χ1v) is 9.59. The van der Waals surface area contributed by atoms with Gasteiger partial charge in [-0.2, -0.15) is 0 Å². The Bertz CT molecular complexity index is 975. The highest BCUT2D eigenvalue weighted by Gasteiger charge is 2.15. The van der Waals surface area contributed by atoms with Crippen molar-refractivity contribution in [1.29, 1.82) is 0 Å². The Balaban J connectivity index is 1.38. The Labute approximate surface area is 159 Å². The normalized spacial score (nSPS) is 13.0. The molecule has 0 spiro atoms. The van der Waals surface area contributed by atoms with Gasteiger partial charge in [0.1, 0.15) is 11.6 Å². The number of nitrogens with zero attached hydrogens (tertiary/aromatic N) is 2. The number of hydrogen-bond donors (Lipinski definition) is 1. The largest absolute Gasteiger partial charge is 0.493 e. The predicted octanol–water partition coefficient (Wildman–Crippen LogP) is 3.80. The van der Waals surface area contributed by atoms with E-state index in [1.807, 2.05) is 24.3 Å². The van der Waals surface area contributed by atoms with Crippen molar-refractivity contribution in [3.8, 4) is 5.75 Å². The lowest BCUT2D eigenvalue weighted by Crippen LogP contribution is -2.25. The molecule has 1 N–H and O–H groups in total. The van der Waals surface area contributed by atoms with Crippen molar-refractivity contribution in [3.63, 3.8) is 0 Å². The average molecular weight is 363 g/mol. The highest BCUT2D eigenvalue weighted by atomic mass is 16.5. The van der Waals surface area contributed by atoms with Crippen molar-refractivity contribution in [2.24, 2.45) is 0 Å². The van der Waals surface area contributed by atoms with Gasteiger partial charge in [0.05, 0.1) is 24.2 Å². The van der Waals surface area contributed by atoms with Crippen LogP contribution in [0.4, 0.5) is 0 Å². The number of carbonyl (C=O) groups excluding carboxylic acids is 1. The van der Waals surface area contributed by atoms with E-state index < -0.39 is 0 Å². The van der Waals surface area contributed by atoms with Gasteiger partial charge in [-0.05, 0) is 49.6 Å². The number of aromatic nitrogens is 2. The van der Waals surface area contributed by atoms with Gasteiger partial charge in [0.15, 0.2) is 0 Å². The van der Waals surface area contributed by atoms with Gasteiger partial charge in [0.2, 0.25) is 5.91 Å². The maximum absolute atomic E-state index is 12.3. The van der Waals surface area contributed by atoms with Crippen molar-refractivity contribution in [2.45, 2.75) is 45.7 Å². The van der Waals surface area contributed by atoms with E-state index in [1.54, 1.807) is 0 Å². The van der Waals surface area contributed by atoms with Crippen molar-refractivity contribution < 1.29 is 9.53 Å². The number of nitrogens with one attached hydrogen (secondary N) is 1. The summed E-state index contributed by atoms with van der Waals surface area (Å²) in [6.45, 7) is 5.48. The fourth-order valence-electron chi connectivity index (χ4n) is 3.71. The zero-order valence-electron chi connectivity index (χ0n) is 15.9. The van der Waals surface area contributed by atoms with E-state index in [1.165, 1.54) is 11.1 Å². The van der Waals surface area contributed by atoms with E-state index in [9.17, 15) is 4.79 Å². The van der Waals surface area contributed by atoms with Crippen LogP contribution in [0.25, 0.3) is 11.0 Å². The van der Waals surface area contributed by atoms with Gasteiger partial charge >= 0.3 is 0 Å². The lowest BCUT2D eigenvalue weighted by Gasteiger charge is -2.13. The summed E-state index contributed by atoms with van der Waals surface area (Å²) in [4.78, 5) is 17.0. The van der Waals surface area contributed by atoms with Crippen molar-refractivity contribution in [2.75, 3.05) is 6.61 Å². The molecule has 1 amide bonds. The number of hydrogen-bond acceptors (Lipinski definition) is 3. The lowest BCUT2D eigenvalue weighted by atomic mass is 10.0. The third-order valence-electron chi connectivity index (χ3n) is 5.02. The van der Waals surface area contributed by atoms with Crippen molar-refractivity contribution in [3.05, 3.63) is 59.4 Å². The van der Waals surface area contributed by atoms with Crippen LogP contribution in [0.3, 0.4) is 0 Å². The van der Waals surface area contributed by atoms with E-state index >= 15 is 0 Å². The summed E-state index contributed by atoms with van der Waals surface area (Å²) < 4.78 is 7.72. The zero-order chi connectivity index (χ0) is 18.8. The highest BCUT2D eigenvalue weighted by Crippen LogP contribution is 2.26. The Morgan fingerprint density at radius 2 is 2.11 bits per heavy atom. The molecule has 0 unspecified atom stereocenters. The zero-order valence-corrected chi connectivity index (χ0v) is 15.9. The molecule has 0 bridgehead atoms. The molecule has 0 aliphatic carbocycles. The van der Waals surface area contributed by atoms with E-state index in [2.05, 4.69) is 41.9 Å². The van der Waals surface area contributed by atoms with Gasteiger partial charge in [-0.1, -0.05) is 24.3 Å². The summed E-state index contributed by atoms with van der Waals surface area (Å²) in [7, 11) is 0. The minimum atomic E-state index is 0.0501. The number of aryl methyl sites for hydroxylation is 1. The summed E-state index contributed by atoms with van der Waals surface area (Å²) in [6.07, 6.45) is 2.17. The molecule has 5 heteroatoms. The number of benzene rings is 2. The molecule has 1 aliphatic rings. The van der Waals surface area contributed by atoms with Gasteiger partial charge in [0, 0.05) is 18.9 Å². The molecule has 140 valence electrons. The van der Waals surface area contributed by atoms with E-state index in [-0.39, 0.29) is 11.9 Å². The molecule has 3 aromatic rings. The topological polar surface area (TPSA) is 56.2 Å². The molecule has 0 radical (unpaired) electrons. The van der Waals surface area contributed by atoms with Crippen LogP contribution in [-0.4, -0.2) is 22.1 Å². The Hall–Kier alpha value is -2.82. The molecule has 0 saturated heterocycles. The predicted molar refractivity (Wildman–Crippen MR) is 106 cm³/mol. The molecule has 27 heavy (non-hydrogen) atoms. The summed E-state index contributed by atoms with van der Waals surface area (Å²) in [5, 5.41) is 3.03. The average Bonchev–Trinajstić information content (AvgIpc) is 3.28. The van der Waals surface area contributed by atoms with Crippen LogP contribution in [0.2, 0.25) is 0 Å². The van der Waals surface area contributed by atoms with Gasteiger partial charge in [0.25, 0.3) is 0 Å². The van der Waals surface area contributed by atoms with Crippen LogP contribution in [0.5, 0.6) is 5.75 Å². The lowest BCUT2D eigenvalue weighted by molar-refractivity contribution is -0.121. The minimum Gasteiger partial charge on any atom is -0.493 e. The van der Waals surface area contributed by atoms with Gasteiger partial charge in [-0.25, -0.2) is 4.98 Å². The second-order valence-corrected chi connectivity index (χ2v) is 7.30. The molecule has 0 saturated carbocycles. The Kier molecular flexibility index (Phi) is 4.84. The Morgan fingerprint density at radius 3 is 2.96 bits per heavy atom. The number of para-hydroxylation sites is 2. The number of ether oxygens (including phenoxy) is 1. The highest BCUT2D eigenvalue weighted by molar-refractivity contribution is 5.77. The van der Waals surface area contributed by atoms with Gasteiger partial charge in [-0.3, -0.25) is 4.79 Å². The maximum Gasteiger partial charge on any atom is 0.220 e. The first kappa shape index (κ1) is 17.6. The first-order valence-electron chi connectivity index (χ1n) is 9.59. The number of rotatable bonds is 6. The second kappa shape index (κ2) is 7.43. The minimum absolute atomic E-state index is 0.0501. The van der Waals surface area contributed by atoms with Crippen molar-refractivity contribution in [1.82, 2.24) is 14.9 Å². The van der Waals surface area contributed by atoms with Crippen LogP contribution in [0.15, 0.2) is 42.5 Å². The van der Waals surface area contributed by atoms with Gasteiger partial charge < -0.3 is 14.6 Å². The van der Waals surface area contributed by atoms with Crippen LogP contribution in [0, 0.1) is 0 Å². The van der Waals surface area contributed by atoms with Crippen LogP contribution in [0.1, 0.15) is 43.3 Å². The van der Waals surface area contributed by atoms with E-state index in [0.29, 0.717) is 13.0 Å². The molecule has 2 heterocycles. The number of imidazole rings is 1. The fourth-order valence-corrected chi connectivity index (χ4v) is 3.71. The maximum atomic E-state index is 12.3. The molecule has 4 rings (SSSR count). The molecule has 1 aromatic heterocycles. The van der Waals surface area contributed by atoms with E-state index in [0.717, 1.165) is 42.1 Å². The molecule has 1 aliphatic heterocycles. The van der Waals surface area contributed by atoms with Crippen molar-refractivity contribution >= 4 is 16.9 Å².